The van der Waals surface area contributed by atoms with Crippen molar-refractivity contribution in [1.29, 1.82) is 0 Å². The third-order valence-electron chi connectivity index (χ3n) is 6.59. The Labute approximate surface area is 163 Å². The molecule has 1 aliphatic carbocycles. The maximum Gasteiger partial charge on any atom is 0.407 e. The maximum atomic E-state index is 11.5. The Kier molecular flexibility index (Phi) is 7.13. The van der Waals surface area contributed by atoms with Gasteiger partial charge in [-0.05, 0) is 77.1 Å². The number of amides is 1. The van der Waals surface area contributed by atoms with E-state index >= 15 is 0 Å². The summed E-state index contributed by atoms with van der Waals surface area (Å²) in [5.41, 5.74) is 1.56. The quantitative estimate of drug-likeness (QED) is 0.801. The van der Waals surface area contributed by atoms with Gasteiger partial charge in [0.25, 0.3) is 0 Å². The van der Waals surface area contributed by atoms with Crippen LogP contribution in [0.15, 0.2) is 30.3 Å². The minimum absolute atomic E-state index is 0.139. The number of carbonyl (C=O) groups is 1. The van der Waals surface area contributed by atoms with Crippen LogP contribution in [-0.4, -0.2) is 50.3 Å². The summed E-state index contributed by atoms with van der Waals surface area (Å²) in [5.74, 6) is 0.579. The van der Waals surface area contributed by atoms with Gasteiger partial charge >= 0.3 is 6.09 Å². The number of nitrogens with zero attached hydrogens (tertiary/aromatic N) is 1. The average molecular weight is 374 g/mol. The van der Waals surface area contributed by atoms with Crippen LogP contribution in [0.25, 0.3) is 0 Å². The molecule has 0 unspecified atom stereocenters. The highest BCUT2D eigenvalue weighted by atomic mass is 16.5. The number of piperidine rings is 1. The molecule has 1 amide bonds. The number of carbonyl (C=O) groups excluding carboxylic acids is 1. The van der Waals surface area contributed by atoms with E-state index in [1.165, 1.54) is 44.1 Å². The van der Waals surface area contributed by atoms with E-state index in [-0.39, 0.29) is 11.6 Å². The molecule has 1 heterocycles. The molecule has 5 heteroatoms. The summed E-state index contributed by atoms with van der Waals surface area (Å²) < 4.78 is 4.95. The van der Waals surface area contributed by atoms with E-state index in [1.54, 1.807) is 0 Å². The second-order valence-corrected chi connectivity index (χ2v) is 8.01. The molecular formula is C22H35N3O2. The van der Waals surface area contributed by atoms with E-state index in [4.69, 9.17) is 4.74 Å². The lowest BCUT2D eigenvalue weighted by molar-refractivity contribution is 0.0787. The minimum atomic E-state index is -0.281. The Morgan fingerprint density at radius 2 is 1.81 bits per heavy atom. The van der Waals surface area contributed by atoms with E-state index in [0.717, 1.165) is 19.6 Å². The van der Waals surface area contributed by atoms with Crippen LogP contribution in [-0.2, 0) is 10.3 Å². The van der Waals surface area contributed by atoms with E-state index in [0.29, 0.717) is 18.6 Å². The van der Waals surface area contributed by atoms with Gasteiger partial charge in [0.1, 0.15) is 0 Å². The Bertz CT molecular complexity index is 576. The highest BCUT2D eigenvalue weighted by Gasteiger charge is 2.37. The van der Waals surface area contributed by atoms with Crippen LogP contribution >= 0.6 is 0 Å². The van der Waals surface area contributed by atoms with Crippen LogP contribution in [0.5, 0.6) is 0 Å². The van der Waals surface area contributed by atoms with E-state index in [1.807, 2.05) is 6.92 Å². The van der Waals surface area contributed by atoms with Crippen molar-refractivity contribution in [2.45, 2.75) is 57.0 Å². The van der Waals surface area contributed by atoms with Crippen molar-refractivity contribution in [2.75, 3.05) is 33.3 Å². The second-order valence-electron chi connectivity index (χ2n) is 8.01. The van der Waals surface area contributed by atoms with Crippen molar-refractivity contribution in [2.24, 2.45) is 5.92 Å². The molecule has 0 atom stereocenters. The summed E-state index contributed by atoms with van der Waals surface area (Å²) in [4.78, 5) is 14.1. The van der Waals surface area contributed by atoms with Gasteiger partial charge < -0.3 is 20.3 Å². The van der Waals surface area contributed by atoms with Gasteiger partial charge in [-0.2, -0.15) is 0 Å². The zero-order valence-electron chi connectivity index (χ0n) is 16.9. The molecular weight excluding hydrogens is 338 g/mol. The fourth-order valence-corrected chi connectivity index (χ4v) is 4.83. The number of alkyl carbamates (subject to hydrolysis) is 1. The van der Waals surface area contributed by atoms with Crippen LogP contribution < -0.4 is 10.6 Å². The van der Waals surface area contributed by atoms with Gasteiger partial charge in [-0.15, -0.1) is 0 Å². The van der Waals surface area contributed by atoms with Crippen LogP contribution in [0, 0.1) is 5.92 Å². The average Bonchev–Trinajstić information content (AvgIpc) is 2.74. The van der Waals surface area contributed by atoms with Crippen molar-refractivity contribution in [3.05, 3.63) is 35.9 Å². The van der Waals surface area contributed by atoms with Crippen LogP contribution in [0.1, 0.15) is 51.0 Å². The summed E-state index contributed by atoms with van der Waals surface area (Å²) in [6.07, 6.45) is 6.95. The molecule has 1 aliphatic heterocycles. The normalized spacial score (nSPS) is 27.3. The number of rotatable bonds is 6. The molecule has 1 saturated carbocycles. The van der Waals surface area contributed by atoms with Gasteiger partial charge in [0, 0.05) is 18.1 Å². The maximum absolute atomic E-state index is 11.5. The number of ether oxygens (including phenoxy) is 1. The fraction of sp³-hybridized carbons (Fsp3) is 0.682. The lowest BCUT2D eigenvalue weighted by Crippen LogP contribution is -2.50. The molecule has 27 heavy (non-hydrogen) atoms. The summed E-state index contributed by atoms with van der Waals surface area (Å²) >= 11 is 0. The van der Waals surface area contributed by atoms with Crippen molar-refractivity contribution in [3.63, 3.8) is 0 Å². The first-order valence-electron chi connectivity index (χ1n) is 10.6. The molecule has 2 fully saturated rings. The Morgan fingerprint density at radius 3 is 2.41 bits per heavy atom. The van der Waals surface area contributed by atoms with Crippen molar-refractivity contribution < 1.29 is 9.53 Å². The number of likely N-dealkylation sites (tertiary alicyclic amines) is 1. The van der Waals surface area contributed by atoms with Crippen molar-refractivity contribution in [1.82, 2.24) is 15.5 Å². The molecule has 1 aromatic carbocycles. The van der Waals surface area contributed by atoms with Gasteiger partial charge in [0.2, 0.25) is 0 Å². The minimum Gasteiger partial charge on any atom is -0.450 e. The highest BCUT2D eigenvalue weighted by molar-refractivity contribution is 5.67. The zero-order chi connectivity index (χ0) is 19.1. The smallest absolute Gasteiger partial charge is 0.407 e. The first-order valence-corrected chi connectivity index (χ1v) is 10.6. The number of hydrogen-bond donors (Lipinski definition) is 2. The lowest BCUT2D eigenvalue weighted by atomic mass is 9.74. The predicted molar refractivity (Wildman–Crippen MR) is 109 cm³/mol. The molecule has 150 valence electrons. The molecule has 0 bridgehead atoms. The van der Waals surface area contributed by atoms with Crippen LogP contribution in [0.4, 0.5) is 4.79 Å². The second kappa shape index (κ2) is 9.56. The summed E-state index contributed by atoms with van der Waals surface area (Å²) in [7, 11) is 2.11. The number of nitrogens with one attached hydrogen (secondary N) is 2. The molecule has 0 spiro atoms. The summed E-state index contributed by atoms with van der Waals surface area (Å²) in [5, 5.41) is 6.53. The largest absolute Gasteiger partial charge is 0.450 e. The van der Waals surface area contributed by atoms with Crippen LogP contribution in [0.3, 0.4) is 0 Å². The topological polar surface area (TPSA) is 53.6 Å². The number of hydrogen-bond acceptors (Lipinski definition) is 4. The van der Waals surface area contributed by atoms with Crippen LogP contribution in [0.2, 0.25) is 0 Å². The molecule has 5 nitrogen and oxygen atoms in total. The van der Waals surface area contributed by atoms with Gasteiger partial charge in [-0.25, -0.2) is 4.79 Å². The zero-order valence-corrected chi connectivity index (χ0v) is 16.9. The van der Waals surface area contributed by atoms with Crippen molar-refractivity contribution >= 4 is 6.09 Å². The molecule has 0 radical (unpaired) electrons. The first kappa shape index (κ1) is 20.2. The van der Waals surface area contributed by atoms with Gasteiger partial charge in [0.15, 0.2) is 0 Å². The van der Waals surface area contributed by atoms with Gasteiger partial charge in [-0.1, -0.05) is 30.3 Å². The first-order chi connectivity index (χ1) is 13.2. The third-order valence-corrected chi connectivity index (χ3v) is 6.59. The van der Waals surface area contributed by atoms with E-state index in [9.17, 15) is 4.79 Å². The third kappa shape index (κ3) is 5.02. The monoisotopic (exact) mass is 373 g/mol. The molecule has 1 saturated heterocycles. The molecule has 0 aromatic heterocycles. The standard InChI is InChI=1S/C22H35N3O2/c1-3-27-21(26)24-17-18-11-15-25(16-12-18)20-9-13-22(23-2,14-10-20)19-7-5-4-6-8-19/h4-8,18,20,23H,3,9-17H2,1-2H3,(H,24,26). The van der Waals surface area contributed by atoms with E-state index < -0.39 is 0 Å². The number of benzene rings is 1. The summed E-state index contributed by atoms with van der Waals surface area (Å²) in [6, 6.07) is 11.6. The Balaban J connectivity index is 1.45. The molecule has 3 rings (SSSR count). The Hall–Kier alpha value is -1.59. The predicted octanol–water partition coefficient (Wildman–Crippen LogP) is 3.50. The molecule has 1 aromatic rings. The van der Waals surface area contributed by atoms with E-state index in [2.05, 4.69) is 52.9 Å². The fourth-order valence-electron chi connectivity index (χ4n) is 4.83. The van der Waals surface area contributed by atoms with Gasteiger partial charge in [-0.3, -0.25) is 0 Å². The highest BCUT2D eigenvalue weighted by Crippen LogP contribution is 2.39. The van der Waals surface area contributed by atoms with Crippen molar-refractivity contribution in [3.8, 4) is 0 Å². The molecule has 2 N–H and O–H groups in total. The van der Waals surface area contributed by atoms with Gasteiger partial charge in [0.05, 0.1) is 6.61 Å². The lowest BCUT2D eigenvalue weighted by Gasteiger charge is -2.45. The molecule has 2 aliphatic rings. The summed E-state index contributed by atoms with van der Waals surface area (Å²) in [6.45, 7) is 5.31. The SMILES string of the molecule is CCOC(=O)NCC1CCN(C2CCC(NC)(c3ccccc3)CC2)CC1. The Morgan fingerprint density at radius 1 is 1.15 bits per heavy atom.